The van der Waals surface area contributed by atoms with Gasteiger partial charge in [-0.2, -0.15) is 15.4 Å². The van der Waals surface area contributed by atoms with Gasteiger partial charge in [0.2, 0.25) is 0 Å². The molecule has 0 amide bonds. The van der Waals surface area contributed by atoms with Gasteiger partial charge in [-0.25, -0.2) is 14.1 Å². The van der Waals surface area contributed by atoms with Crippen LogP contribution in [0.15, 0.2) is 48.8 Å². The Balaban J connectivity index is 2.02. The molecular weight excluding hydrogens is 619 g/mol. The molecule has 0 bridgehead atoms. The molecule has 2 aromatic heterocycles. The summed E-state index contributed by atoms with van der Waals surface area (Å²) in [5, 5.41) is 28.1. The molecule has 5 atom stereocenters. The highest BCUT2D eigenvalue weighted by Crippen LogP contribution is 2.45. The van der Waals surface area contributed by atoms with E-state index in [-0.39, 0.29) is 17.3 Å². The summed E-state index contributed by atoms with van der Waals surface area (Å²) in [6, 6.07) is 12.1. The van der Waals surface area contributed by atoms with Crippen molar-refractivity contribution in [2.75, 3.05) is 12.3 Å². The molecule has 3 rings (SSSR count). The molecule has 0 aliphatic rings. The Hall–Kier alpha value is -4.06. The number of aromatic nitrogens is 3. The number of esters is 2. The average Bonchev–Trinajstić information content (AvgIpc) is 3.41. The van der Waals surface area contributed by atoms with Gasteiger partial charge in [-0.1, -0.05) is 32.0 Å². The molecule has 16 heteroatoms. The lowest BCUT2D eigenvalue weighted by molar-refractivity contribution is -0.191. The number of rotatable bonds is 16. The van der Waals surface area contributed by atoms with Crippen molar-refractivity contribution in [3.63, 3.8) is 0 Å². The number of hydrogen-bond acceptors (Lipinski definition) is 13. The molecular formula is C30H41N6O9P. The number of aliphatic hydroxyl groups is 1. The van der Waals surface area contributed by atoms with Crippen LogP contribution in [0.25, 0.3) is 5.52 Å². The number of anilines is 1. The summed E-state index contributed by atoms with van der Waals surface area (Å²) in [5.41, 5.74) is 4.86. The zero-order chi connectivity index (χ0) is 34.2. The highest BCUT2D eigenvalue weighted by atomic mass is 31.2. The second-order valence-electron chi connectivity index (χ2n) is 11.6. The summed E-state index contributed by atoms with van der Waals surface area (Å²) in [6.45, 7) is 10.1. The standard InChI is InChI=1S/C30H41N6O9P/c1-18(2)28(37)44-26(30(6,7)39)25(43-24(15-31)22-13-14-23-27(32)33-17-34-36(22)23)16-41-46(40,45-21-11-9-8-10-12-21)35-20(5)29(38)42-19(3)4/h8-14,17-20,24-26,39H,16H2,1-7H3,(H,35,40)(H2,32,33,34). The molecule has 1 aromatic carbocycles. The number of nitrogens with two attached hydrogens (primary N) is 1. The lowest BCUT2D eigenvalue weighted by Crippen LogP contribution is -2.51. The van der Waals surface area contributed by atoms with Gasteiger partial charge in [0.15, 0.2) is 18.0 Å². The number of ether oxygens (including phenoxy) is 3. The SMILES string of the molecule is CC(C)OC(=O)C(C)NP(=O)(OCC(OC(C#N)c1ccc2c(N)ncnn12)C(OC(=O)C(C)C)C(C)(C)O)Oc1ccccc1. The predicted molar refractivity (Wildman–Crippen MR) is 166 cm³/mol. The van der Waals surface area contributed by atoms with Crippen LogP contribution in [0.2, 0.25) is 0 Å². The van der Waals surface area contributed by atoms with Crippen LogP contribution in [-0.2, 0) is 32.9 Å². The van der Waals surface area contributed by atoms with Gasteiger partial charge < -0.3 is 29.6 Å². The van der Waals surface area contributed by atoms with E-state index in [0.29, 0.717) is 5.52 Å². The van der Waals surface area contributed by atoms with Crippen LogP contribution < -0.4 is 15.3 Å². The normalized spacial score (nSPS) is 15.8. The molecule has 0 radical (unpaired) electrons. The van der Waals surface area contributed by atoms with E-state index in [0.717, 1.165) is 0 Å². The first-order valence-corrected chi connectivity index (χ1v) is 16.1. The lowest BCUT2D eigenvalue weighted by atomic mass is 9.96. The van der Waals surface area contributed by atoms with Crippen LogP contribution in [0, 0.1) is 17.2 Å². The molecule has 0 saturated carbocycles. The summed E-state index contributed by atoms with van der Waals surface area (Å²) >= 11 is 0. The van der Waals surface area contributed by atoms with Crippen LogP contribution in [0.3, 0.4) is 0 Å². The molecule has 0 spiro atoms. The van der Waals surface area contributed by atoms with E-state index < -0.39 is 68.3 Å². The number of nitriles is 1. The van der Waals surface area contributed by atoms with Crippen LogP contribution in [0.4, 0.5) is 5.82 Å². The van der Waals surface area contributed by atoms with E-state index in [9.17, 15) is 24.5 Å². The van der Waals surface area contributed by atoms with Gasteiger partial charge in [0, 0.05) is 0 Å². The van der Waals surface area contributed by atoms with E-state index in [4.69, 9.17) is 29.0 Å². The van der Waals surface area contributed by atoms with Crippen LogP contribution in [0.1, 0.15) is 60.3 Å². The Bertz CT molecular complexity index is 1570. The number of nitrogen functional groups attached to an aromatic ring is 1. The maximum absolute atomic E-state index is 14.2. The van der Waals surface area contributed by atoms with Crippen molar-refractivity contribution in [1.29, 1.82) is 5.26 Å². The fourth-order valence-electron chi connectivity index (χ4n) is 4.15. The van der Waals surface area contributed by atoms with Crippen LogP contribution >= 0.6 is 7.75 Å². The lowest BCUT2D eigenvalue weighted by Gasteiger charge is -2.36. The average molecular weight is 661 g/mol. The molecule has 0 saturated heterocycles. The second kappa shape index (κ2) is 15.5. The fourth-order valence-corrected chi connectivity index (χ4v) is 5.66. The van der Waals surface area contributed by atoms with Crippen molar-refractivity contribution in [2.45, 2.75) is 84.5 Å². The largest absolute Gasteiger partial charge is 0.462 e. The predicted octanol–water partition coefficient (Wildman–Crippen LogP) is 3.73. The van der Waals surface area contributed by atoms with Gasteiger partial charge in [-0.05, 0) is 58.9 Å². The van der Waals surface area contributed by atoms with Crippen molar-refractivity contribution < 1.29 is 42.5 Å². The van der Waals surface area contributed by atoms with E-state index in [1.165, 1.54) is 43.7 Å². The number of para-hydroxylation sites is 1. The summed E-state index contributed by atoms with van der Waals surface area (Å²) in [5.74, 6) is -1.66. The molecule has 3 aromatic rings. The molecule has 5 unspecified atom stereocenters. The Morgan fingerprint density at radius 3 is 2.35 bits per heavy atom. The Morgan fingerprint density at radius 2 is 1.76 bits per heavy atom. The quantitative estimate of drug-likeness (QED) is 0.148. The number of benzene rings is 1. The Kier molecular flexibility index (Phi) is 12.3. The number of carbonyl (C=O) groups excluding carboxylic acids is 2. The maximum atomic E-state index is 14.2. The van der Waals surface area contributed by atoms with Crippen molar-refractivity contribution in [3.05, 3.63) is 54.5 Å². The Morgan fingerprint density at radius 1 is 1.09 bits per heavy atom. The molecule has 0 aliphatic carbocycles. The number of nitrogens with one attached hydrogen (secondary N) is 1. The summed E-state index contributed by atoms with van der Waals surface area (Å²) in [7, 11) is -4.43. The molecule has 250 valence electrons. The minimum absolute atomic E-state index is 0.150. The van der Waals surface area contributed by atoms with E-state index >= 15 is 0 Å². The summed E-state index contributed by atoms with van der Waals surface area (Å²) in [6.07, 6.45) is -3.49. The monoisotopic (exact) mass is 660 g/mol. The van der Waals surface area contributed by atoms with Crippen molar-refractivity contribution in [3.8, 4) is 11.8 Å². The van der Waals surface area contributed by atoms with Crippen molar-refractivity contribution in [1.82, 2.24) is 19.7 Å². The first-order chi connectivity index (χ1) is 21.5. The Labute approximate surface area is 267 Å². The van der Waals surface area contributed by atoms with E-state index in [2.05, 4.69) is 15.2 Å². The van der Waals surface area contributed by atoms with Gasteiger partial charge in [0.25, 0.3) is 0 Å². The first kappa shape index (κ1) is 36.4. The topological polar surface area (TPSA) is 210 Å². The van der Waals surface area contributed by atoms with E-state index in [1.807, 2.05) is 6.07 Å². The van der Waals surface area contributed by atoms with Gasteiger partial charge >= 0.3 is 19.7 Å². The minimum atomic E-state index is -4.43. The number of carbonyl (C=O) groups is 2. The molecule has 15 nitrogen and oxygen atoms in total. The molecule has 0 fully saturated rings. The van der Waals surface area contributed by atoms with Gasteiger partial charge in [-0.3, -0.25) is 14.1 Å². The highest BCUT2D eigenvalue weighted by molar-refractivity contribution is 7.52. The number of fused-ring (bicyclic) bond motifs is 1. The van der Waals surface area contributed by atoms with Crippen LogP contribution in [-0.4, -0.2) is 68.2 Å². The fraction of sp³-hybridized carbons (Fsp3) is 0.500. The maximum Gasteiger partial charge on any atom is 0.459 e. The van der Waals surface area contributed by atoms with Gasteiger partial charge in [-0.15, -0.1) is 0 Å². The summed E-state index contributed by atoms with van der Waals surface area (Å²) in [4.78, 5) is 29.3. The third-order valence-electron chi connectivity index (χ3n) is 6.39. The number of nitrogens with zero attached hydrogens (tertiary/aromatic N) is 4. The smallest absolute Gasteiger partial charge is 0.459 e. The van der Waals surface area contributed by atoms with Crippen molar-refractivity contribution in [2.24, 2.45) is 5.92 Å². The molecule has 2 heterocycles. The second-order valence-corrected chi connectivity index (χ2v) is 13.3. The minimum Gasteiger partial charge on any atom is -0.462 e. The summed E-state index contributed by atoms with van der Waals surface area (Å²) < 4.78 is 44.2. The molecule has 4 N–H and O–H groups in total. The third-order valence-corrected chi connectivity index (χ3v) is 8.03. The molecule has 46 heavy (non-hydrogen) atoms. The number of hydrogen-bond donors (Lipinski definition) is 3. The molecule has 0 aliphatic heterocycles. The zero-order valence-corrected chi connectivity index (χ0v) is 27.7. The first-order valence-electron chi connectivity index (χ1n) is 14.6. The highest BCUT2D eigenvalue weighted by Gasteiger charge is 2.43. The van der Waals surface area contributed by atoms with Crippen molar-refractivity contribution >= 4 is 31.0 Å². The zero-order valence-electron chi connectivity index (χ0n) is 26.8. The van der Waals surface area contributed by atoms with Crippen LogP contribution in [0.5, 0.6) is 5.75 Å². The van der Waals surface area contributed by atoms with Gasteiger partial charge in [0.1, 0.15) is 35.8 Å². The van der Waals surface area contributed by atoms with E-state index in [1.54, 1.807) is 58.0 Å². The van der Waals surface area contributed by atoms with Gasteiger partial charge in [0.05, 0.1) is 29.9 Å². The third kappa shape index (κ3) is 9.72.